The molecule has 1 unspecified atom stereocenters. The molecule has 3 aromatic carbocycles. The molecule has 1 aromatic heterocycles. The number of amides is 1. The van der Waals surface area contributed by atoms with E-state index in [1.165, 1.54) is 0 Å². The van der Waals surface area contributed by atoms with Crippen LogP contribution in [0.1, 0.15) is 46.6 Å². The number of methoxy groups -OCH3 is 1. The Balaban J connectivity index is 1.53. The average molecular weight is 502 g/mol. The minimum Gasteiger partial charge on any atom is -0.497 e. The van der Waals surface area contributed by atoms with Gasteiger partial charge in [-0.05, 0) is 60.4 Å². The summed E-state index contributed by atoms with van der Waals surface area (Å²) in [5.74, 6) is 1.55. The Labute approximate surface area is 215 Å². The van der Waals surface area contributed by atoms with Crippen LogP contribution in [0.5, 0.6) is 11.5 Å². The van der Waals surface area contributed by atoms with Crippen molar-refractivity contribution in [3.8, 4) is 22.8 Å². The third-order valence-corrected chi connectivity index (χ3v) is 6.68. The molecule has 7 heteroatoms. The molecular weight excluding hydrogens is 474 g/mol. The van der Waals surface area contributed by atoms with Crippen LogP contribution in [0.15, 0.2) is 72.8 Å². The molecule has 4 aromatic rings. The van der Waals surface area contributed by atoms with Crippen molar-refractivity contribution in [1.82, 2.24) is 15.1 Å². The molecule has 0 saturated heterocycles. The zero-order valence-electron chi connectivity index (χ0n) is 20.3. The Morgan fingerprint density at radius 1 is 1.03 bits per heavy atom. The fourth-order valence-corrected chi connectivity index (χ4v) is 4.76. The smallest absolute Gasteiger partial charge is 0.273 e. The number of ether oxygens (including phenoxy) is 2. The van der Waals surface area contributed by atoms with Crippen molar-refractivity contribution in [3.05, 3.63) is 100 Å². The quantitative estimate of drug-likeness (QED) is 0.291. The largest absolute Gasteiger partial charge is 0.497 e. The zero-order chi connectivity index (χ0) is 25.1. The number of carbonyl (C=O) groups is 1. The van der Waals surface area contributed by atoms with E-state index in [2.05, 4.69) is 17.1 Å². The van der Waals surface area contributed by atoms with Crippen molar-refractivity contribution < 1.29 is 14.3 Å². The first-order valence-electron chi connectivity index (χ1n) is 12.1. The Bertz CT molecular complexity index is 1350. The summed E-state index contributed by atoms with van der Waals surface area (Å²) in [6.45, 7) is 3.27. The molecule has 1 amide bonds. The van der Waals surface area contributed by atoms with Crippen LogP contribution in [0, 0.1) is 0 Å². The predicted molar refractivity (Wildman–Crippen MR) is 141 cm³/mol. The number of fused-ring (bicyclic) bond motifs is 1. The van der Waals surface area contributed by atoms with Gasteiger partial charge in [-0.15, -0.1) is 0 Å². The van der Waals surface area contributed by atoms with Gasteiger partial charge in [0.05, 0.1) is 25.5 Å². The van der Waals surface area contributed by atoms with Crippen LogP contribution in [-0.2, 0) is 6.42 Å². The van der Waals surface area contributed by atoms with Crippen molar-refractivity contribution >= 4 is 17.5 Å². The minimum atomic E-state index is -0.291. The molecule has 1 aliphatic heterocycles. The molecule has 2 heterocycles. The zero-order valence-corrected chi connectivity index (χ0v) is 21.1. The van der Waals surface area contributed by atoms with Crippen LogP contribution >= 0.6 is 11.6 Å². The van der Waals surface area contributed by atoms with Gasteiger partial charge in [-0.2, -0.15) is 5.10 Å². The van der Waals surface area contributed by atoms with Crippen LogP contribution in [0.4, 0.5) is 0 Å². The highest BCUT2D eigenvalue weighted by molar-refractivity contribution is 6.30. The molecule has 0 aliphatic carbocycles. The lowest BCUT2D eigenvalue weighted by molar-refractivity contribution is 0.0745. The summed E-state index contributed by atoms with van der Waals surface area (Å²) in [6.07, 6.45) is 1.64. The van der Waals surface area contributed by atoms with E-state index >= 15 is 0 Å². The first kappa shape index (κ1) is 23.9. The third kappa shape index (κ3) is 4.69. The van der Waals surface area contributed by atoms with Gasteiger partial charge in [0.2, 0.25) is 0 Å². The van der Waals surface area contributed by atoms with Crippen molar-refractivity contribution in [2.45, 2.75) is 25.8 Å². The molecule has 0 spiro atoms. The van der Waals surface area contributed by atoms with Gasteiger partial charge in [-0.3, -0.25) is 9.89 Å². The molecule has 1 atom stereocenters. The second-order valence-corrected chi connectivity index (χ2v) is 9.22. The molecule has 1 aliphatic rings. The van der Waals surface area contributed by atoms with Gasteiger partial charge in [0, 0.05) is 22.7 Å². The number of nitrogens with zero attached hydrogens (tertiary/aromatic N) is 2. The molecule has 6 nitrogen and oxygen atoms in total. The summed E-state index contributed by atoms with van der Waals surface area (Å²) < 4.78 is 11.2. The second kappa shape index (κ2) is 10.5. The summed E-state index contributed by atoms with van der Waals surface area (Å²) in [5, 5.41) is 8.22. The normalized spacial score (nSPS) is 14.7. The number of H-pyrrole nitrogens is 1. The molecule has 0 saturated carbocycles. The summed E-state index contributed by atoms with van der Waals surface area (Å²) in [6, 6.07) is 23.2. The number of carbonyl (C=O) groups excluding carboxylic acids is 1. The first-order valence-corrected chi connectivity index (χ1v) is 12.5. The standard InChI is InChI=1S/C29H28ClN3O3/c1-3-17-36-24-6-4-5-21(18-24)28-25-26(20-9-11-22(30)12-10-20)31-32-27(25)29(34)33(28)16-15-19-7-13-23(35-2)14-8-19/h4-14,18,28H,3,15-17H2,1-2H3,(H,31,32). The van der Waals surface area contributed by atoms with Gasteiger partial charge in [0.1, 0.15) is 17.2 Å². The number of nitrogens with one attached hydrogen (secondary N) is 1. The van der Waals surface area contributed by atoms with Crippen LogP contribution in [-0.4, -0.2) is 41.3 Å². The molecule has 184 valence electrons. The molecule has 0 bridgehead atoms. The monoisotopic (exact) mass is 501 g/mol. The fourth-order valence-electron chi connectivity index (χ4n) is 4.64. The van der Waals surface area contributed by atoms with Gasteiger partial charge in [-0.25, -0.2) is 0 Å². The lowest BCUT2D eigenvalue weighted by atomic mass is 9.95. The van der Waals surface area contributed by atoms with Gasteiger partial charge in [0.15, 0.2) is 0 Å². The van der Waals surface area contributed by atoms with Gasteiger partial charge < -0.3 is 14.4 Å². The highest BCUT2D eigenvalue weighted by Gasteiger charge is 2.42. The van der Waals surface area contributed by atoms with E-state index in [1.807, 2.05) is 77.7 Å². The van der Waals surface area contributed by atoms with Crippen LogP contribution in [0.25, 0.3) is 11.3 Å². The second-order valence-electron chi connectivity index (χ2n) is 8.79. The van der Waals surface area contributed by atoms with E-state index in [-0.39, 0.29) is 11.9 Å². The van der Waals surface area contributed by atoms with E-state index in [0.717, 1.165) is 45.9 Å². The topological polar surface area (TPSA) is 67.5 Å². The number of hydrogen-bond donors (Lipinski definition) is 1. The molecule has 0 fully saturated rings. The number of benzene rings is 3. The van der Waals surface area contributed by atoms with E-state index in [4.69, 9.17) is 21.1 Å². The summed E-state index contributed by atoms with van der Waals surface area (Å²) in [7, 11) is 1.65. The van der Waals surface area contributed by atoms with Crippen molar-refractivity contribution in [3.63, 3.8) is 0 Å². The summed E-state index contributed by atoms with van der Waals surface area (Å²) >= 11 is 6.13. The predicted octanol–water partition coefficient (Wildman–Crippen LogP) is 6.32. The number of aromatic amines is 1. The van der Waals surface area contributed by atoms with Gasteiger partial charge >= 0.3 is 0 Å². The SMILES string of the molecule is CCCOc1cccc(C2c3c(-c4ccc(Cl)cc4)n[nH]c3C(=O)N2CCc2ccc(OC)cc2)c1. The van der Waals surface area contributed by atoms with Gasteiger partial charge in [-0.1, -0.05) is 54.9 Å². The molecule has 0 radical (unpaired) electrons. The summed E-state index contributed by atoms with van der Waals surface area (Å²) in [4.78, 5) is 15.6. The van der Waals surface area contributed by atoms with Crippen molar-refractivity contribution in [2.24, 2.45) is 0 Å². The minimum absolute atomic E-state index is 0.0592. The molecule has 36 heavy (non-hydrogen) atoms. The lowest BCUT2D eigenvalue weighted by Crippen LogP contribution is -2.31. The maximum atomic E-state index is 13.6. The van der Waals surface area contributed by atoms with E-state index in [1.54, 1.807) is 7.11 Å². The Kier molecular flexibility index (Phi) is 6.96. The number of hydrogen-bond acceptors (Lipinski definition) is 4. The van der Waals surface area contributed by atoms with Crippen molar-refractivity contribution in [1.29, 1.82) is 0 Å². The molecule has 1 N–H and O–H groups in total. The number of aromatic nitrogens is 2. The third-order valence-electron chi connectivity index (χ3n) is 6.43. The van der Waals surface area contributed by atoms with Gasteiger partial charge in [0.25, 0.3) is 5.91 Å². The Hall–Kier alpha value is -3.77. The van der Waals surface area contributed by atoms with E-state index < -0.39 is 0 Å². The Morgan fingerprint density at radius 2 is 1.81 bits per heavy atom. The average Bonchev–Trinajstić information content (AvgIpc) is 3.46. The van der Waals surface area contributed by atoms with Crippen LogP contribution < -0.4 is 9.47 Å². The maximum Gasteiger partial charge on any atom is 0.273 e. The fraction of sp³-hybridized carbons (Fsp3) is 0.241. The summed E-state index contributed by atoms with van der Waals surface area (Å²) in [5.41, 5.74) is 5.19. The molecule has 5 rings (SSSR count). The van der Waals surface area contributed by atoms with E-state index in [0.29, 0.717) is 30.3 Å². The highest BCUT2D eigenvalue weighted by atomic mass is 35.5. The molecular formula is C29H28ClN3O3. The Morgan fingerprint density at radius 3 is 2.53 bits per heavy atom. The highest BCUT2D eigenvalue weighted by Crippen LogP contribution is 2.43. The van der Waals surface area contributed by atoms with E-state index in [9.17, 15) is 4.79 Å². The number of halogens is 1. The van der Waals surface area contributed by atoms with Crippen molar-refractivity contribution in [2.75, 3.05) is 20.3 Å². The maximum absolute atomic E-state index is 13.6. The first-order chi connectivity index (χ1) is 17.6. The van der Waals surface area contributed by atoms with Crippen LogP contribution in [0.2, 0.25) is 5.02 Å². The van der Waals surface area contributed by atoms with Crippen LogP contribution in [0.3, 0.4) is 0 Å². The lowest BCUT2D eigenvalue weighted by Gasteiger charge is -2.27. The number of rotatable bonds is 9.